The van der Waals surface area contributed by atoms with Crippen LogP contribution in [0.25, 0.3) is 0 Å². The van der Waals surface area contributed by atoms with Crippen molar-refractivity contribution in [3.05, 3.63) is 28.8 Å². The average Bonchev–Trinajstić information content (AvgIpc) is 3.18. The van der Waals surface area contributed by atoms with Crippen molar-refractivity contribution in [3.63, 3.8) is 0 Å². The molecule has 19 heavy (non-hydrogen) atoms. The molecule has 0 atom stereocenters. The molecule has 1 fully saturated rings. The van der Waals surface area contributed by atoms with Gasteiger partial charge >= 0.3 is 0 Å². The third-order valence-electron chi connectivity index (χ3n) is 2.77. The van der Waals surface area contributed by atoms with E-state index >= 15 is 0 Å². The van der Waals surface area contributed by atoms with Crippen molar-refractivity contribution in [2.24, 2.45) is 5.92 Å². The molecule has 0 aliphatic heterocycles. The van der Waals surface area contributed by atoms with E-state index in [-0.39, 0.29) is 16.2 Å². The lowest BCUT2D eigenvalue weighted by Gasteiger charge is -2.10. The first-order valence-electron chi connectivity index (χ1n) is 5.95. The van der Waals surface area contributed by atoms with E-state index in [1.165, 1.54) is 12.8 Å². The van der Waals surface area contributed by atoms with Crippen LogP contribution in [0.3, 0.4) is 0 Å². The van der Waals surface area contributed by atoms with Gasteiger partial charge in [-0.15, -0.1) is 0 Å². The molecule has 1 saturated carbocycles. The van der Waals surface area contributed by atoms with Gasteiger partial charge < -0.3 is 10.1 Å². The summed E-state index contributed by atoms with van der Waals surface area (Å²) in [7, 11) is 0. The normalized spacial score (nSPS) is 14.0. The minimum atomic E-state index is -0.369. The number of ether oxygens (including phenoxy) is 1. The van der Waals surface area contributed by atoms with Crippen molar-refractivity contribution in [1.82, 2.24) is 5.32 Å². The second-order valence-electron chi connectivity index (χ2n) is 4.41. The van der Waals surface area contributed by atoms with Gasteiger partial charge in [0.05, 0.1) is 23.7 Å². The van der Waals surface area contributed by atoms with Crippen LogP contribution in [0.1, 0.15) is 23.2 Å². The van der Waals surface area contributed by atoms with Gasteiger partial charge in [0.2, 0.25) is 3.79 Å². The molecule has 1 N–H and O–H groups in total. The van der Waals surface area contributed by atoms with E-state index < -0.39 is 0 Å². The first-order chi connectivity index (χ1) is 9.08. The van der Waals surface area contributed by atoms with Crippen LogP contribution >= 0.6 is 34.2 Å². The number of carbonyl (C=O) groups is 2. The van der Waals surface area contributed by atoms with Gasteiger partial charge in [-0.2, -0.15) is 0 Å². The monoisotopic (exact) mass is 393 g/mol. The van der Waals surface area contributed by atoms with Gasteiger partial charge in [-0.1, -0.05) is 17.7 Å². The minimum absolute atomic E-state index is 0.0110. The molecule has 1 aliphatic carbocycles. The third kappa shape index (κ3) is 4.35. The molecule has 1 amide bonds. The van der Waals surface area contributed by atoms with Crippen LogP contribution < -0.4 is 10.1 Å². The summed E-state index contributed by atoms with van der Waals surface area (Å²) < 4.78 is 5.46. The highest BCUT2D eigenvalue weighted by Gasteiger charge is 2.23. The molecule has 1 aromatic rings. The summed E-state index contributed by atoms with van der Waals surface area (Å²) >= 11 is 7.78. The molecule has 0 aromatic heterocycles. The van der Waals surface area contributed by atoms with Crippen LogP contribution in [-0.4, -0.2) is 22.8 Å². The number of nitrogens with one attached hydrogen (secondary N) is 1. The number of rotatable bonds is 6. The summed E-state index contributed by atoms with van der Waals surface area (Å²) in [5.41, 5.74) is 0.326. The van der Waals surface area contributed by atoms with Gasteiger partial charge in [0, 0.05) is 22.6 Å². The Labute approximate surface area is 130 Å². The SMILES string of the molecule is O=C(I)CNC(=O)c1cccc(OCC2CC2)c1Cl. The number of hydrogen-bond acceptors (Lipinski definition) is 3. The van der Waals surface area contributed by atoms with E-state index in [0.717, 1.165) is 0 Å². The maximum atomic E-state index is 11.9. The van der Waals surface area contributed by atoms with E-state index in [0.29, 0.717) is 28.9 Å². The van der Waals surface area contributed by atoms with Crippen molar-refractivity contribution in [2.75, 3.05) is 13.2 Å². The van der Waals surface area contributed by atoms with Crippen molar-refractivity contribution in [2.45, 2.75) is 12.8 Å². The predicted octanol–water partition coefficient (Wildman–Crippen LogP) is 2.82. The molecule has 0 spiro atoms. The summed E-state index contributed by atoms with van der Waals surface area (Å²) in [5, 5.41) is 2.80. The highest BCUT2D eigenvalue weighted by molar-refractivity contribution is 14.1. The van der Waals surface area contributed by atoms with Crippen molar-refractivity contribution in [1.29, 1.82) is 0 Å². The Hall–Kier alpha value is -0.820. The van der Waals surface area contributed by atoms with E-state index in [1.54, 1.807) is 40.8 Å². The fraction of sp³-hybridized carbons (Fsp3) is 0.385. The zero-order valence-corrected chi connectivity index (χ0v) is 13.0. The van der Waals surface area contributed by atoms with E-state index in [1.807, 2.05) is 0 Å². The second-order valence-corrected chi connectivity index (χ2v) is 5.99. The largest absolute Gasteiger partial charge is 0.492 e. The van der Waals surface area contributed by atoms with Crippen LogP contribution in [0.4, 0.5) is 0 Å². The summed E-state index contributed by atoms with van der Waals surface area (Å²) in [4.78, 5) is 22.7. The number of amides is 1. The molecule has 0 bridgehead atoms. The Kier molecular flexibility index (Phi) is 5.04. The van der Waals surface area contributed by atoms with Crippen LogP contribution in [-0.2, 0) is 4.79 Å². The molecule has 6 heteroatoms. The maximum Gasteiger partial charge on any atom is 0.253 e. The molecule has 4 nitrogen and oxygen atoms in total. The van der Waals surface area contributed by atoms with Crippen molar-refractivity contribution >= 4 is 43.9 Å². The summed E-state index contributed by atoms with van der Waals surface area (Å²) in [6, 6.07) is 5.07. The van der Waals surface area contributed by atoms with Crippen molar-refractivity contribution in [3.8, 4) is 5.75 Å². The van der Waals surface area contributed by atoms with E-state index in [4.69, 9.17) is 16.3 Å². The molecule has 0 radical (unpaired) electrons. The minimum Gasteiger partial charge on any atom is -0.492 e. The fourth-order valence-electron chi connectivity index (χ4n) is 1.53. The lowest BCUT2D eigenvalue weighted by atomic mass is 10.2. The third-order valence-corrected chi connectivity index (χ3v) is 3.54. The maximum absolute atomic E-state index is 11.9. The van der Waals surface area contributed by atoms with Gasteiger partial charge in [0.1, 0.15) is 5.75 Å². The number of carbonyl (C=O) groups excluding carboxylic acids is 2. The molecule has 0 saturated heterocycles. The first-order valence-corrected chi connectivity index (χ1v) is 7.41. The second kappa shape index (κ2) is 6.56. The van der Waals surface area contributed by atoms with E-state index in [9.17, 15) is 9.59 Å². The lowest BCUT2D eigenvalue weighted by Crippen LogP contribution is -2.27. The fourth-order valence-corrected chi connectivity index (χ4v) is 1.99. The highest BCUT2D eigenvalue weighted by atomic mass is 127. The van der Waals surface area contributed by atoms with Gasteiger partial charge in [-0.05, 0) is 30.9 Å². The Morgan fingerprint density at radius 2 is 2.16 bits per heavy atom. The zero-order chi connectivity index (χ0) is 13.8. The molecule has 2 rings (SSSR count). The summed E-state index contributed by atoms with van der Waals surface area (Å²) in [5.74, 6) is 0.763. The van der Waals surface area contributed by atoms with Gasteiger partial charge in [0.25, 0.3) is 5.91 Å². The molecular formula is C13H13ClINO3. The van der Waals surface area contributed by atoms with Crippen molar-refractivity contribution < 1.29 is 14.3 Å². The smallest absolute Gasteiger partial charge is 0.253 e. The molecule has 0 unspecified atom stereocenters. The Bertz CT molecular complexity index is 503. The van der Waals surface area contributed by atoms with Gasteiger partial charge in [-0.3, -0.25) is 9.59 Å². The zero-order valence-electron chi connectivity index (χ0n) is 10.1. The Balaban J connectivity index is 2.04. The number of hydrogen-bond donors (Lipinski definition) is 1. The molecule has 1 aliphatic rings. The van der Waals surface area contributed by atoms with Crippen LogP contribution in [0.2, 0.25) is 5.02 Å². The van der Waals surface area contributed by atoms with Gasteiger partial charge in [0.15, 0.2) is 0 Å². The molecule has 0 heterocycles. The standard InChI is InChI=1S/C13H13ClINO3/c14-12-9(13(18)16-6-11(15)17)2-1-3-10(12)19-7-8-4-5-8/h1-3,8H,4-7H2,(H,16,18). The topological polar surface area (TPSA) is 55.4 Å². The summed E-state index contributed by atoms with van der Waals surface area (Å²) in [6.07, 6.45) is 2.38. The van der Waals surface area contributed by atoms with Gasteiger partial charge in [-0.25, -0.2) is 0 Å². The number of halogens is 2. The average molecular weight is 394 g/mol. The Morgan fingerprint density at radius 1 is 1.42 bits per heavy atom. The Morgan fingerprint density at radius 3 is 2.79 bits per heavy atom. The lowest BCUT2D eigenvalue weighted by molar-refractivity contribution is -0.108. The summed E-state index contributed by atoms with van der Waals surface area (Å²) in [6.45, 7) is 0.625. The molecule has 1 aromatic carbocycles. The quantitative estimate of drug-likeness (QED) is 0.597. The molecular weight excluding hydrogens is 381 g/mol. The van der Waals surface area contributed by atoms with Crippen LogP contribution in [0.5, 0.6) is 5.75 Å². The van der Waals surface area contributed by atoms with Crippen LogP contribution in [0.15, 0.2) is 18.2 Å². The number of benzene rings is 1. The highest BCUT2D eigenvalue weighted by Crippen LogP contribution is 2.33. The van der Waals surface area contributed by atoms with E-state index in [2.05, 4.69) is 5.32 Å². The molecule has 102 valence electrons. The first kappa shape index (κ1) is 14.6. The van der Waals surface area contributed by atoms with Crippen LogP contribution in [0, 0.1) is 5.92 Å². The predicted molar refractivity (Wildman–Crippen MR) is 81.0 cm³/mol.